The highest BCUT2D eigenvalue weighted by Crippen LogP contribution is 2.28. The molecule has 0 heterocycles. The van der Waals surface area contributed by atoms with Crippen LogP contribution >= 0.6 is 23.2 Å². The summed E-state index contributed by atoms with van der Waals surface area (Å²) in [4.78, 5) is 48.5. The molecule has 4 aromatic rings. The minimum Gasteiger partial charge on any atom is -0.493 e. The van der Waals surface area contributed by atoms with Crippen molar-refractivity contribution in [3.05, 3.63) is 119 Å². The zero-order valence-electron chi connectivity index (χ0n) is 27.4. The summed E-state index contributed by atoms with van der Waals surface area (Å²) in [5, 5.41) is 1.24. The molecule has 4 atom stereocenters. The monoisotopic (exact) mass is 716 g/mol. The van der Waals surface area contributed by atoms with Crippen molar-refractivity contribution in [2.45, 2.75) is 25.7 Å². The van der Waals surface area contributed by atoms with Gasteiger partial charge in [-0.1, -0.05) is 59.6 Å². The molecule has 0 bridgehead atoms. The van der Waals surface area contributed by atoms with Crippen LogP contribution in [0.4, 0.5) is 0 Å². The summed E-state index contributed by atoms with van der Waals surface area (Å²) in [6, 6.07) is 32.7. The van der Waals surface area contributed by atoms with E-state index in [1.165, 1.54) is 0 Å². The number of carbonyl (C=O) groups is 4. The van der Waals surface area contributed by atoms with Crippen molar-refractivity contribution in [2.75, 3.05) is 26.4 Å². The average Bonchev–Trinajstić information content (AvgIpc) is 3.12. The molecule has 2 aliphatic carbocycles. The molecule has 10 heteroatoms. The van der Waals surface area contributed by atoms with Crippen molar-refractivity contribution >= 4 is 46.3 Å². The van der Waals surface area contributed by atoms with Gasteiger partial charge in [0.2, 0.25) is 0 Å². The maximum atomic E-state index is 12.2. The van der Waals surface area contributed by atoms with Crippen LogP contribution < -0.4 is 18.9 Å². The standard InChI is InChI=1S/C20H18Cl2O4.C20H20O4/c21-15-1-5-17(6-2-15)25-11-13-9-14(20(24)10-19(13)23)12-26-18-7-3-16(22)4-8-18;21-19-12-20(22)16(14-24-18-9-5-2-6-10-18)11-15(19)13-23-17-7-3-1-4-8-17/h1-8,13-14H,9-12H2;1-10,15-16H,11-14H2. The molecule has 260 valence electrons. The Bertz CT molecular complexity index is 1590. The Labute approximate surface area is 301 Å². The number of para-hydroxylation sites is 2. The van der Waals surface area contributed by atoms with Crippen LogP contribution in [0.5, 0.6) is 23.0 Å². The minimum atomic E-state index is -0.317. The first-order chi connectivity index (χ1) is 24.2. The lowest BCUT2D eigenvalue weighted by Gasteiger charge is -2.27. The normalized spacial score (nSPS) is 20.4. The molecule has 2 fully saturated rings. The summed E-state index contributed by atoms with van der Waals surface area (Å²) in [5.74, 6) is 1.39. The van der Waals surface area contributed by atoms with Gasteiger partial charge in [0.05, 0.1) is 62.9 Å². The number of halogens is 2. The van der Waals surface area contributed by atoms with Gasteiger partial charge in [0.25, 0.3) is 0 Å². The van der Waals surface area contributed by atoms with Crippen LogP contribution in [0.1, 0.15) is 25.7 Å². The van der Waals surface area contributed by atoms with Gasteiger partial charge in [-0.2, -0.15) is 0 Å². The first kappa shape index (κ1) is 36.6. The average molecular weight is 718 g/mol. The summed E-state index contributed by atoms with van der Waals surface area (Å²) < 4.78 is 22.7. The number of hydrogen-bond acceptors (Lipinski definition) is 8. The van der Waals surface area contributed by atoms with Crippen molar-refractivity contribution < 1.29 is 38.1 Å². The van der Waals surface area contributed by atoms with E-state index in [0.29, 0.717) is 47.6 Å². The minimum absolute atomic E-state index is 0.0222. The van der Waals surface area contributed by atoms with Gasteiger partial charge in [0.1, 0.15) is 46.1 Å². The Morgan fingerprint density at radius 1 is 0.400 bits per heavy atom. The Hall–Kier alpha value is -4.66. The number of benzene rings is 4. The van der Waals surface area contributed by atoms with Crippen LogP contribution in [-0.2, 0) is 19.2 Å². The molecule has 0 radical (unpaired) electrons. The molecular weight excluding hydrogens is 679 g/mol. The highest BCUT2D eigenvalue weighted by Gasteiger charge is 2.36. The number of hydrogen-bond donors (Lipinski definition) is 0. The largest absolute Gasteiger partial charge is 0.493 e. The molecule has 0 saturated heterocycles. The van der Waals surface area contributed by atoms with Crippen molar-refractivity contribution in [1.82, 2.24) is 0 Å². The van der Waals surface area contributed by atoms with Gasteiger partial charge in [-0.15, -0.1) is 0 Å². The quantitative estimate of drug-likeness (QED) is 0.136. The lowest BCUT2D eigenvalue weighted by molar-refractivity contribution is -0.139. The van der Waals surface area contributed by atoms with Crippen LogP contribution in [-0.4, -0.2) is 49.6 Å². The number of ketones is 4. The molecule has 4 unspecified atom stereocenters. The predicted octanol–water partition coefficient (Wildman–Crippen LogP) is 7.92. The molecule has 0 amide bonds. The van der Waals surface area contributed by atoms with Gasteiger partial charge < -0.3 is 18.9 Å². The van der Waals surface area contributed by atoms with Gasteiger partial charge in [-0.05, 0) is 85.6 Å². The zero-order valence-corrected chi connectivity index (χ0v) is 28.9. The topological polar surface area (TPSA) is 105 Å². The summed E-state index contributed by atoms with van der Waals surface area (Å²) in [7, 11) is 0. The third-order valence-electron chi connectivity index (χ3n) is 8.57. The van der Waals surface area contributed by atoms with Crippen molar-refractivity contribution in [1.29, 1.82) is 0 Å². The van der Waals surface area contributed by atoms with E-state index < -0.39 is 0 Å². The molecule has 0 aliphatic heterocycles. The fourth-order valence-electron chi connectivity index (χ4n) is 5.66. The van der Waals surface area contributed by atoms with E-state index in [2.05, 4.69) is 0 Å². The maximum Gasteiger partial charge on any atom is 0.146 e. The van der Waals surface area contributed by atoms with Crippen LogP contribution in [0.15, 0.2) is 109 Å². The van der Waals surface area contributed by atoms with Crippen LogP contribution in [0.2, 0.25) is 10.0 Å². The zero-order chi connectivity index (χ0) is 35.3. The van der Waals surface area contributed by atoms with E-state index in [9.17, 15) is 19.2 Å². The summed E-state index contributed by atoms with van der Waals surface area (Å²) in [6.07, 6.45) is 0.825. The number of carbonyl (C=O) groups excluding carboxylic acids is 4. The number of Topliss-reactive ketones (excluding diaryl/α,β-unsaturated/α-hetero) is 4. The maximum absolute atomic E-state index is 12.2. The lowest BCUT2D eigenvalue weighted by Crippen LogP contribution is -2.38. The van der Waals surface area contributed by atoms with E-state index in [-0.39, 0.29) is 72.9 Å². The van der Waals surface area contributed by atoms with E-state index in [0.717, 1.165) is 11.5 Å². The fraction of sp³-hybridized carbons (Fsp3) is 0.300. The Morgan fingerprint density at radius 2 is 0.660 bits per heavy atom. The van der Waals surface area contributed by atoms with Gasteiger partial charge >= 0.3 is 0 Å². The van der Waals surface area contributed by atoms with Crippen LogP contribution in [0, 0.1) is 23.7 Å². The number of ether oxygens (including phenoxy) is 4. The molecule has 0 aromatic heterocycles. The van der Waals surface area contributed by atoms with Crippen LogP contribution in [0.25, 0.3) is 0 Å². The lowest BCUT2D eigenvalue weighted by atomic mass is 9.80. The van der Waals surface area contributed by atoms with Gasteiger partial charge in [-0.25, -0.2) is 0 Å². The highest BCUT2D eigenvalue weighted by molar-refractivity contribution is 6.30. The van der Waals surface area contributed by atoms with E-state index in [1.54, 1.807) is 48.5 Å². The van der Waals surface area contributed by atoms with Gasteiger partial charge in [0.15, 0.2) is 0 Å². The summed E-state index contributed by atoms with van der Waals surface area (Å²) in [6.45, 7) is 1.09. The third kappa shape index (κ3) is 11.2. The molecular formula is C40H38Cl2O8. The SMILES string of the molecule is O=C1CC(=O)C(COc2ccc(Cl)cc2)CC1COc1ccc(Cl)cc1.O=C1CC(=O)C(COc2ccccc2)CC1COc1ccccc1. The summed E-state index contributed by atoms with van der Waals surface area (Å²) in [5.41, 5.74) is 0. The second kappa shape index (κ2) is 18.4. The molecule has 0 N–H and O–H groups in total. The molecule has 0 spiro atoms. The van der Waals surface area contributed by atoms with E-state index >= 15 is 0 Å². The first-order valence-corrected chi connectivity index (χ1v) is 17.2. The predicted molar refractivity (Wildman–Crippen MR) is 190 cm³/mol. The first-order valence-electron chi connectivity index (χ1n) is 16.5. The Balaban J connectivity index is 0.000000195. The fourth-order valence-corrected chi connectivity index (χ4v) is 5.91. The van der Waals surface area contributed by atoms with E-state index in [4.69, 9.17) is 42.1 Å². The molecule has 2 aliphatic rings. The molecule has 2 saturated carbocycles. The second-order valence-electron chi connectivity index (χ2n) is 12.3. The Morgan fingerprint density at radius 3 is 0.940 bits per heavy atom. The van der Waals surface area contributed by atoms with Crippen molar-refractivity contribution in [3.63, 3.8) is 0 Å². The summed E-state index contributed by atoms with van der Waals surface area (Å²) >= 11 is 11.7. The molecule has 8 nitrogen and oxygen atoms in total. The van der Waals surface area contributed by atoms with Crippen molar-refractivity contribution in [2.24, 2.45) is 23.7 Å². The highest BCUT2D eigenvalue weighted by atomic mass is 35.5. The smallest absolute Gasteiger partial charge is 0.146 e. The van der Waals surface area contributed by atoms with Crippen molar-refractivity contribution in [3.8, 4) is 23.0 Å². The van der Waals surface area contributed by atoms with Crippen LogP contribution in [0.3, 0.4) is 0 Å². The van der Waals surface area contributed by atoms with E-state index in [1.807, 2.05) is 60.7 Å². The molecule has 4 aromatic carbocycles. The second-order valence-corrected chi connectivity index (χ2v) is 13.1. The third-order valence-corrected chi connectivity index (χ3v) is 9.08. The number of rotatable bonds is 12. The Kier molecular flexibility index (Phi) is 13.5. The van der Waals surface area contributed by atoms with Gasteiger partial charge in [-0.3, -0.25) is 19.2 Å². The molecule has 50 heavy (non-hydrogen) atoms. The molecule has 6 rings (SSSR count). The van der Waals surface area contributed by atoms with Gasteiger partial charge in [0, 0.05) is 10.0 Å².